The second-order valence-electron chi connectivity index (χ2n) is 6.89. The number of hydrogen-bond acceptors (Lipinski definition) is 3. The van der Waals surface area contributed by atoms with E-state index in [0.717, 1.165) is 28.2 Å². The van der Waals surface area contributed by atoms with Crippen molar-refractivity contribution < 1.29 is 10.2 Å². The van der Waals surface area contributed by atoms with Crippen molar-refractivity contribution in [1.29, 1.82) is 0 Å². The lowest BCUT2D eigenvalue weighted by Crippen LogP contribution is -2.13. The molecule has 0 saturated heterocycles. The zero-order valence-corrected chi connectivity index (χ0v) is 15.7. The molecule has 0 bridgehead atoms. The van der Waals surface area contributed by atoms with Gasteiger partial charge in [0.25, 0.3) is 0 Å². The Morgan fingerprint density at radius 3 is 1.69 bits per heavy atom. The minimum absolute atomic E-state index is 0.101. The van der Waals surface area contributed by atoms with E-state index in [2.05, 4.69) is 69.0 Å². The lowest BCUT2D eigenvalue weighted by Gasteiger charge is -2.29. The van der Waals surface area contributed by atoms with Crippen molar-refractivity contribution in [1.82, 2.24) is 0 Å². The molecule has 0 amide bonds. The van der Waals surface area contributed by atoms with Gasteiger partial charge in [0.2, 0.25) is 0 Å². The predicted octanol–water partition coefficient (Wildman–Crippen LogP) is 5.59. The first-order valence-corrected chi connectivity index (χ1v) is 8.78. The smallest absolute Gasteiger partial charge is 0.123 e. The summed E-state index contributed by atoms with van der Waals surface area (Å²) in [7, 11) is 0. The maximum atomic E-state index is 10.3. The van der Waals surface area contributed by atoms with Gasteiger partial charge in [-0.05, 0) is 57.0 Å². The highest BCUT2D eigenvalue weighted by atomic mass is 16.3. The quantitative estimate of drug-likeness (QED) is 0.647. The van der Waals surface area contributed by atoms with Crippen molar-refractivity contribution in [3.8, 4) is 5.75 Å². The first-order chi connectivity index (χ1) is 12.4. The molecular formula is C23H25NO2. The Labute approximate surface area is 155 Å². The van der Waals surface area contributed by atoms with Gasteiger partial charge >= 0.3 is 0 Å². The van der Waals surface area contributed by atoms with Crippen LogP contribution in [0.25, 0.3) is 0 Å². The predicted molar refractivity (Wildman–Crippen MR) is 108 cm³/mol. The summed E-state index contributed by atoms with van der Waals surface area (Å²) >= 11 is 0. The monoisotopic (exact) mass is 347 g/mol. The Kier molecular flexibility index (Phi) is 5.01. The maximum Gasteiger partial charge on any atom is 0.123 e. The molecule has 0 aliphatic heterocycles. The third-order valence-corrected chi connectivity index (χ3v) is 4.68. The van der Waals surface area contributed by atoms with Crippen LogP contribution in [-0.4, -0.2) is 10.2 Å². The Morgan fingerprint density at radius 1 is 0.731 bits per heavy atom. The summed E-state index contributed by atoms with van der Waals surface area (Å²) in [6.45, 7) is 8.18. The van der Waals surface area contributed by atoms with Gasteiger partial charge in [-0.25, -0.2) is 0 Å². The van der Waals surface area contributed by atoms with Crippen molar-refractivity contribution in [2.24, 2.45) is 0 Å². The zero-order chi connectivity index (χ0) is 18.8. The van der Waals surface area contributed by atoms with Crippen LogP contribution < -0.4 is 4.90 Å². The number of aromatic hydroxyl groups is 1. The van der Waals surface area contributed by atoms with E-state index in [1.54, 1.807) is 12.1 Å². The van der Waals surface area contributed by atoms with Crippen LogP contribution in [0.4, 0.5) is 17.1 Å². The molecule has 0 radical (unpaired) electrons. The van der Waals surface area contributed by atoms with Crippen LogP contribution in [0.5, 0.6) is 5.75 Å². The second-order valence-corrected chi connectivity index (χ2v) is 6.89. The maximum absolute atomic E-state index is 10.3. The SMILES string of the molecule is Cc1ccc(N(c2ccc(CO)c(O)c2)c2ccc(C)cc2C)c(C)c1. The number of aryl methyl sites for hydroxylation is 4. The van der Waals surface area contributed by atoms with Gasteiger partial charge in [-0.2, -0.15) is 0 Å². The number of rotatable bonds is 4. The molecule has 0 atom stereocenters. The molecular weight excluding hydrogens is 322 g/mol. The third-order valence-electron chi connectivity index (χ3n) is 4.68. The van der Waals surface area contributed by atoms with E-state index in [4.69, 9.17) is 0 Å². The van der Waals surface area contributed by atoms with E-state index in [9.17, 15) is 10.2 Å². The third kappa shape index (κ3) is 3.44. The number of benzene rings is 3. The van der Waals surface area contributed by atoms with Gasteiger partial charge in [-0.3, -0.25) is 0 Å². The van der Waals surface area contributed by atoms with Crippen molar-refractivity contribution >= 4 is 17.1 Å². The Morgan fingerprint density at radius 2 is 1.27 bits per heavy atom. The zero-order valence-electron chi connectivity index (χ0n) is 15.7. The summed E-state index contributed by atoms with van der Waals surface area (Å²) in [4.78, 5) is 2.16. The molecule has 0 saturated carbocycles. The molecule has 0 aromatic heterocycles. The summed E-state index contributed by atoms with van der Waals surface area (Å²) in [6, 6.07) is 18.2. The Bertz CT molecular complexity index is 895. The minimum atomic E-state index is -0.181. The van der Waals surface area contributed by atoms with E-state index in [1.807, 2.05) is 6.07 Å². The highest BCUT2D eigenvalue weighted by Crippen LogP contribution is 2.40. The summed E-state index contributed by atoms with van der Waals surface area (Å²) in [5, 5.41) is 19.6. The van der Waals surface area contributed by atoms with E-state index < -0.39 is 0 Å². The van der Waals surface area contributed by atoms with Crippen molar-refractivity contribution in [2.45, 2.75) is 34.3 Å². The number of phenols is 1. The molecule has 0 unspecified atom stereocenters. The average Bonchev–Trinajstić information content (AvgIpc) is 2.59. The molecule has 134 valence electrons. The largest absolute Gasteiger partial charge is 0.508 e. The highest BCUT2D eigenvalue weighted by molar-refractivity contribution is 5.81. The normalized spacial score (nSPS) is 10.8. The summed E-state index contributed by atoms with van der Waals surface area (Å²) in [6.07, 6.45) is 0. The molecule has 0 fully saturated rings. The summed E-state index contributed by atoms with van der Waals surface area (Å²) < 4.78 is 0. The van der Waals surface area contributed by atoms with Gasteiger partial charge < -0.3 is 15.1 Å². The van der Waals surface area contributed by atoms with Gasteiger partial charge in [0.15, 0.2) is 0 Å². The van der Waals surface area contributed by atoms with Gasteiger partial charge in [-0.1, -0.05) is 41.5 Å². The first-order valence-electron chi connectivity index (χ1n) is 8.78. The number of nitrogens with zero attached hydrogens (tertiary/aromatic N) is 1. The molecule has 0 aliphatic carbocycles. The Hall–Kier alpha value is -2.78. The van der Waals surface area contributed by atoms with Gasteiger partial charge in [0.05, 0.1) is 6.61 Å². The molecule has 3 rings (SSSR count). The van der Waals surface area contributed by atoms with Crippen molar-refractivity contribution in [2.75, 3.05) is 4.90 Å². The van der Waals surface area contributed by atoms with Crippen LogP contribution >= 0.6 is 0 Å². The fraction of sp³-hybridized carbons (Fsp3) is 0.217. The van der Waals surface area contributed by atoms with Crippen LogP contribution in [0.15, 0.2) is 54.6 Å². The van der Waals surface area contributed by atoms with Crippen LogP contribution in [-0.2, 0) is 6.61 Å². The lowest BCUT2D eigenvalue weighted by molar-refractivity contribution is 0.275. The molecule has 3 nitrogen and oxygen atoms in total. The Balaban J connectivity index is 2.23. The van der Waals surface area contributed by atoms with Crippen molar-refractivity contribution in [3.05, 3.63) is 82.4 Å². The standard InChI is InChI=1S/C23H25NO2/c1-15-5-9-21(17(3)11-15)24(22-10-6-16(2)12-18(22)4)20-8-7-19(14-25)23(26)13-20/h5-13,25-26H,14H2,1-4H3. The van der Waals surface area contributed by atoms with Crippen LogP contribution in [0.2, 0.25) is 0 Å². The highest BCUT2D eigenvalue weighted by Gasteiger charge is 2.17. The molecule has 3 heteroatoms. The topological polar surface area (TPSA) is 43.7 Å². The van der Waals surface area contributed by atoms with Gasteiger partial charge in [0, 0.05) is 28.7 Å². The molecule has 0 spiro atoms. The molecule has 3 aromatic rings. The average molecular weight is 347 g/mol. The van der Waals surface area contributed by atoms with Crippen LogP contribution in [0, 0.1) is 27.7 Å². The molecule has 26 heavy (non-hydrogen) atoms. The fourth-order valence-corrected chi connectivity index (χ4v) is 3.35. The van der Waals surface area contributed by atoms with Crippen LogP contribution in [0.1, 0.15) is 27.8 Å². The van der Waals surface area contributed by atoms with E-state index in [-0.39, 0.29) is 12.4 Å². The molecule has 0 aliphatic rings. The molecule has 2 N–H and O–H groups in total. The second kappa shape index (κ2) is 7.22. The number of anilines is 3. The van der Waals surface area contributed by atoms with E-state index in [0.29, 0.717) is 5.56 Å². The number of aliphatic hydroxyl groups is 1. The van der Waals surface area contributed by atoms with Gasteiger partial charge in [0.1, 0.15) is 5.75 Å². The summed E-state index contributed by atoms with van der Waals surface area (Å²) in [5.74, 6) is 0.101. The number of hydrogen-bond donors (Lipinski definition) is 2. The minimum Gasteiger partial charge on any atom is -0.508 e. The number of aliphatic hydroxyl groups excluding tert-OH is 1. The molecule has 0 heterocycles. The first kappa shape index (κ1) is 18.0. The van der Waals surface area contributed by atoms with Crippen molar-refractivity contribution in [3.63, 3.8) is 0 Å². The van der Waals surface area contributed by atoms with Gasteiger partial charge in [-0.15, -0.1) is 0 Å². The lowest BCUT2D eigenvalue weighted by atomic mass is 10.0. The fourth-order valence-electron chi connectivity index (χ4n) is 3.35. The van der Waals surface area contributed by atoms with E-state index in [1.165, 1.54) is 11.1 Å². The summed E-state index contributed by atoms with van der Waals surface area (Å²) in [5.41, 5.74) is 8.27. The van der Waals surface area contributed by atoms with Crippen LogP contribution in [0.3, 0.4) is 0 Å². The van der Waals surface area contributed by atoms with E-state index >= 15 is 0 Å². The molecule has 3 aromatic carbocycles.